The molecule has 1 atom stereocenters. The van der Waals surface area contributed by atoms with E-state index in [4.69, 9.17) is 16.1 Å². The first-order valence-corrected chi connectivity index (χ1v) is 10.5. The summed E-state index contributed by atoms with van der Waals surface area (Å²) in [6.45, 7) is 2.84. The van der Waals surface area contributed by atoms with Gasteiger partial charge in [0.15, 0.2) is 20.4 Å². The highest BCUT2D eigenvalue weighted by atomic mass is 35.5. The molecule has 1 aromatic carbocycles. The van der Waals surface area contributed by atoms with Crippen molar-refractivity contribution in [2.24, 2.45) is 0 Å². The van der Waals surface area contributed by atoms with Gasteiger partial charge in [-0.3, -0.25) is 4.79 Å². The van der Waals surface area contributed by atoms with Crippen molar-refractivity contribution in [3.8, 4) is 0 Å². The number of nitrogens with zero attached hydrogens (tertiary/aromatic N) is 1. The minimum Gasteiger partial charge on any atom is -0.396 e. The van der Waals surface area contributed by atoms with Gasteiger partial charge in [0.1, 0.15) is 6.26 Å². The molecule has 0 saturated carbocycles. The Morgan fingerprint density at radius 2 is 2.00 bits per heavy atom. The minimum atomic E-state index is -4.10. The second kappa shape index (κ2) is 8.86. The smallest absolute Gasteiger partial charge is 0.247 e. The minimum absolute atomic E-state index is 0.0515. The van der Waals surface area contributed by atoms with Gasteiger partial charge >= 0.3 is 0 Å². The Labute approximate surface area is 163 Å². The predicted octanol–water partition coefficient (Wildman–Crippen LogP) is 3.22. The Morgan fingerprint density at radius 3 is 2.59 bits per heavy atom. The molecule has 2 N–H and O–H groups in total. The number of sulfone groups is 1. The van der Waals surface area contributed by atoms with Crippen LogP contribution in [-0.2, 0) is 21.1 Å². The lowest BCUT2D eigenvalue weighted by Crippen LogP contribution is -2.48. The second-order valence-corrected chi connectivity index (χ2v) is 9.22. The molecule has 148 valence electrons. The van der Waals surface area contributed by atoms with Crippen molar-refractivity contribution in [1.29, 1.82) is 0 Å². The third-order valence-electron chi connectivity index (χ3n) is 4.46. The Balaban J connectivity index is 2.35. The highest BCUT2D eigenvalue weighted by Gasteiger charge is 2.47. The average molecular weight is 415 g/mol. The summed E-state index contributed by atoms with van der Waals surface area (Å²) in [7, 11) is -4.10. The number of aliphatic hydroxyl groups excluding tert-OH is 1. The second-order valence-electron chi connectivity index (χ2n) is 6.41. The average Bonchev–Trinajstić information content (AvgIpc) is 3.07. The van der Waals surface area contributed by atoms with Gasteiger partial charge in [0.05, 0.1) is 4.90 Å². The summed E-state index contributed by atoms with van der Waals surface area (Å²) < 4.78 is 29.3. The standard InChI is InChI=1S/C18H23ClN2O5S/c1-3-4-5-13-12-26-21-16(13)20-17(23)18(2,10-11-22)27(24,25)15-8-6-14(19)7-9-15/h6-9,12,22H,3-5,10-11H2,1-2H3,(H,20,21,23). The van der Waals surface area contributed by atoms with E-state index in [0.29, 0.717) is 17.0 Å². The number of hydrogen-bond donors (Lipinski definition) is 2. The fourth-order valence-corrected chi connectivity index (χ4v) is 4.40. The summed E-state index contributed by atoms with van der Waals surface area (Å²) >= 11 is 5.82. The number of anilines is 1. The van der Waals surface area contributed by atoms with Crippen LogP contribution in [-0.4, -0.2) is 35.9 Å². The maximum absolute atomic E-state index is 13.1. The van der Waals surface area contributed by atoms with E-state index < -0.39 is 27.1 Å². The van der Waals surface area contributed by atoms with Crippen LogP contribution < -0.4 is 5.32 Å². The largest absolute Gasteiger partial charge is 0.396 e. The van der Waals surface area contributed by atoms with Gasteiger partial charge in [-0.05, 0) is 50.5 Å². The first-order chi connectivity index (χ1) is 12.8. The highest BCUT2D eigenvalue weighted by Crippen LogP contribution is 2.31. The van der Waals surface area contributed by atoms with Gasteiger partial charge in [0, 0.05) is 17.2 Å². The zero-order chi connectivity index (χ0) is 20.1. The van der Waals surface area contributed by atoms with Crippen molar-refractivity contribution in [2.75, 3.05) is 11.9 Å². The summed E-state index contributed by atoms with van der Waals surface area (Å²) in [6.07, 6.45) is 3.64. The van der Waals surface area contributed by atoms with Crippen LogP contribution in [0.4, 0.5) is 5.82 Å². The predicted molar refractivity (Wildman–Crippen MR) is 102 cm³/mol. The molecule has 1 amide bonds. The topological polar surface area (TPSA) is 110 Å². The van der Waals surface area contributed by atoms with Gasteiger partial charge in [-0.15, -0.1) is 0 Å². The maximum Gasteiger partial charge on any atom is 0.247 e. The van der Waals surface area contributed by atoms with Crippen LogP contribution >= 0.6 is 11.6 Å². The molecule has 0 aliphatic carbocycles. The molecule has 1 heterocycles. The molecule has 0 bridgehead atoms. The zero-order valence-electron chi connectivity index (χ0n) is 15.2. The van der Waals surface area contributed by atoms with Crippen LogP contribution in [0.3, 0.4) is 0 Å². The van der Waals surface area contributed by atoms with E-state index in [1.165, 1.54) is 37.5 Å². The van der Waals surface area contributed by atoms with Gasteiger partial charge in [-0.1, -0.05) is 30.1 Å². The van der Waals surface area contributed by atoms with E-state index >= 15 is 0 Å². The first-order valence-electron chi connectivity index (χ1n) is 8.62. The summed E-state index contributed by atoms with van der Waals surface area (Å²) in [5.74, 6) is -0.581. The van der Waals surface area contributed by atoms with Crippen molar-refractivity contribution in [2.45, 2.75) is 49.2 Å². The van der Waals surface area contributed by atoms with Crippen molar-refractivity contribution in [1.82, 2.24) is 5.16 Å². The molecule has 0 fully saturated rings. The van der Waals surface area contributed by atoms with Crippen LogP contribution in [0.2, 0.25) is 5.02 Å². The maximum atomic E-state index is 13.1. The van der Waals surface area contributed by atoms with E-state index in [9.17, 15) is 18.3 Å². The van der Waals surface area contributed by atoms with Gasteiger partial charge in [0.2, 0.25) is 5.91 Å². The number of benzene rings is 1. The lowest BCUT2D eigenvalue weighted by atomic mass is 10.1. The number of aliphatic hydroxyl groups is 1. The lowest BCUT2D eigenvalue weighted by molar-refractivity contribution is -0.118. The SMILES string of the molecule is CCCCc1conc1NC(=O)C(C)(CCO)S(=O)(=O)c1ccc(Cl)cc1. The number of aromatic nitrogens is 1. The summed E-state index contributed by atoms with van der Waals surface area (Å²) in [4.78, 5) is 12.9. The van der Waals surface area contributed by atoms with Crippen molar-refractivity contribution < 1.29 is 22.8 Å². The molecule has 27 heavy (non-hydrogen) atoms. The van der Waals surface area contributed by atoms with Crippen molar-refractivity contribution >= 4 is 33.2 Å². The number of hydrogen-bond acceptors (Lipinski definition) is 6. The Kier molecular flexibility index (Phi) is 7.02. The summed E-state index contributed by atoms with van der Waals surface area (Å²) in [5.41, 5.74) is 0.695. The quantitative estimate of drug-likeness (QED) is 0.651. The van der Waals surface area contributed by atoms with E-state index in [1.54, 1.807) is 0 Å². The number of rotatable bonds is 9. The van der Waals surface area contributed by atoms with Gasteiger partial charge < -0.3 is 14.9 Å². The van der Waals surface area contributed by atoms with Gasteiger partial charge in [0.25, 0.3) is 0 Å². The Hall–Kier alpha value is -1.90. The molecule has 0 aliphatic heterocycles. The third kappa shape index (κ3) is 4.51. The normalized spacial score (nSPS) is 13.9. The fourth-order valence-electron chi connectivity index (χ4n) is 2.60. The van der Waals surface area contributed by atoms with Gasteiger partial charge in [-0.25, -0.2) is 8.42 Å². The zero-order valence-corrected chi connectivity index (χ0v) is 16.8. The van der Waals surface area contributed by atoms with Crippen molar-refractivity contribution in [3.05, 3.63) is 41.1 Å². The lowest BCUT2D eigenvalue weighted by Gasteiger charge is -2.27. The molecule has 1 aromatic heterocycles. The van der Waals surface area contributed by atoms with Crippen LogP contribution in [0.15, 0.2) is 39.9 Å². The molecular formula is C18H23ClN2O5S. The molecule has 7 nitrogen and oxygen atoms in total. The number of unbranched alkanes of at least 4 members (excludes halogenated alkanes) is 1. The molecule has 0 spiro atoms. The molecule has 0 saturated heterocycles. The molecule has 9 heteroatoms. The third-order valence-corrected chi connectivity index (χ3v) is 7.18. The molecule has 0 aliphatic rings. The van der Waals surface area contributed by atoms with Crippen LogP contribution in [0.5, 0.6) is 0 Å². The molecule has 2 aromatic rings. The number of carbonyl (C=O) groups is 1. The number of aryl methyl sites for hydroxylation is 1. The van der Waals surface area contributed by atoms with Crippen LogP contribution in [0.25, 0.3) is 0 Å². The Bertz CT molecular complexity index is 879. The van der Waals surface area contributed by atoms with E-state index in [1.807, 2.05) is 6.92 Å². The summed E-state index contributed by atoms with van der Waals surface area (Å²) in [5, 5.41) is 16.1. The van der Waals surface area contributed by atoms with Crippen LogP contribution in [0.1, 0.15) is 38.7 Å². The van der Waals surface area contributed by atoms with E-state index in [-0.39, 0.29) is 17.1 Å². The van der Waals surface area contributed by atoms with Crippen LogP contribution in [0, 0.1) is 0 Å². The molecule has 1 unspecified atom stereocenters. The van der Waals surface area contributed by atoms with Gasteiger partial charge in [-0.2, -0.15) is 0 Å². The Morgan fingerprint density at radius 1 is 1.33 bits per heavy atom. The molecule has 0 radical (unpaired) electrons. The highest BCUT2D eigenvalue weighted by molar-refractivity contribution is 7.93. The first kappa shape index (κ1) is 21.4. The van der Waals surface area contributed by atoms with E-state index in [0.717, 1.165) is 12.8 Å². The molecule has 2 rings (SSSR count). The monoisotopic (exact) mass is 414 g/mol. The number of amides is 1. The molecular weight excluding hydrogens is 392 g/mol. The number of halogens is 1. The number of carbonyl (C=O) groups excluding carboxylic acids is 1. The number of nitrogens with one attached hydrogen (secondary N) is 1. The summed E-state index contributed by atoms with van der Waals surface area (Å²) in [6, 6.07) is 5.55. The van der Waals surface area contributed by atoms with E-state index in [2.05, 4.69) is 10.5 Å². The fraction of sp³-hybridized carbons (Fsp3) is 0.444. The van der Waals surface area contributed by atoms with Crippen molar-refractivity contribution in [3.63, 3.8) is 0 Å².